The number of nitrogens with zero attached hydrogens (tertiary/aromatic N) is 2. The van der Waals surface area contributed by atoms with Gasteiger partial charge in [-0.2, -0.15) is 0 Å². The second-order valence-electron chi connectivity index (χ2n) is 4.92. The first-order valence-electron chi connectivity index (χ1n) is 6.40. The van der Waals surface area contributed by atoms with E-state index in [1.54, 1.807) is 6.20 Å². The molecule has 0 saturated heterocycles. The number of aromatic nitrogens is 3. The van der Waals surface area contributed by atoms with Crippen LogP contribution in [0.4, 0.5) is 0 Å². The molecule has 17 heavy (non-hydrogen) atoms. The summed E-state index contributed by atoms with van der Waals surface area (Å²) in [5, 5.41) is 0. The fraction of sp³-hybridized carbons (Fsp3) is 0.538. The number of nitrogens with one attached hydrogen (secondary N) is 1. The summed E-state index contributed by atoms with van der Waals surface area (Å²) >= 11 is 0. The van der Waals surface area contributed by atoms with Gasteiger partial charge < -0.3 is 10.7 Å². The molecule has 4 heteroatoms. The van der Waals surface area contributed by atoms with Gasteiger partial charge in [-0.15, -0.1) is 0 Å². The fourth-order valence-corrected chi connectivity index (χ4v) is 2.73. The van der Waals surface area contributed by atoms with E-state index in [0.29, 0.717) is 5.92 Å². The van der Waals surface area contributed by atoms with E-state index in [1.807, 2.05) is 12.3 Å². The second kappa shape index (κ2) is 4.45. The van der Waals surface area contributed by atoms with Gasteiger partial charge in [-0.05, 0) is 18.9 Å². The summed E-state index contributed by atoms with van der Waals surface area (Å²) in [4.78, 5) is 12.1. The van der Waals surface area contributed by atoms with Crippen molar-refractivity contribution in [2.45, 2.75) is 44.1 Å². The van der Waals surface area contributed by atoms with Crippen LogP contribution in [0.3, 0.4) is 0 Å². The van der Waals surface area contributed by atoms with Crippen LogP contribution in [-0.4, -0.2) is 21.0 Å². The largest absolute Gasteiger partial charge is 0.340 e. The highest BCUT2D eigenvalue weighted by atomic mass is 14.9. The van der Waals surface area contributed by atoms with Crippen molar-refractivity contribution >= 4 is 11.0 Å². The van der Waals surface area contributed by atoms with Crippen molar-refractivity contribution in [2.24, 2.45) is 5.73 Å². The van der Waals surface area contributed by atoms with E-state index in [0.717, 1.165) is 29.7 Å². The molecule has 1 saturated carbocycles. The van der Waals surface area contributed by atoms with E-state index in [-0.39, 0.29) is 6.04 Å². The number of aromatic amines is 1. The molecule has 2 heterocycles. The van der Waals surface area contributed by atoms with E-state index >= 15 is 0 Å². The van der Waals surface area contributed by atoms with Crippen LogP contribution in [0.1, 0.15) is 43.8 Å². The number of pyridine rings is 1. The van der Waals surface area contributed by atoms with Gasteiger partial charge in [0.2, 0.25) is 0 Å². The molecule has 0 spiro atoms. The van der Waals surface area contributed by atoms with Crippen LogP contribution in [0.5, 0.6) is 0 Å². The summed E-state index contributed by atoms with van der Waals surface area (Å²) < 4.78 is 0. The minimum absolute atomic E-state index is 0.242. The zero-order valence-corrected chi connectivity index (χ0v) is 9.89. The lowest BCUT2D eigenvalue weighted by atomic mass is 9.95. The molecule has 0 amide bonds. The highest BCUT2D eigenvalue weighted by molar-refractivity contribution is 5.73. The maximum atomic E-state index is 6.26. The smallest absolute Gasteiger partial charge is 0.111 e. The third-order valence-corrected chi connectivity index (χ3v) is 3.72. The number of imidazole rings is 1. The molecule has 90 valence electrons. The van der Waals surface area contributed by atoms with Crippen molar-refractivity contribution in [1.82, 2.24) is 15.0 Å². The topological polar surface area (TPSA) is 67.6 Å². The first-order valence-corrected chi connectivity index (χ1v) is 6.40. The highest BCUT2D eigenvalue weighted by Gasteiger charge is 2.24. The number of hydrogen-bond donors (Lipinski definition) is 2. The number of rotatable bonds is 1. The summed E-state index contributed by atoms with van der Waals surface area (Å²) in [6.07, 6.45) is 9.67. The van der Waals surface area contributed by atoms with E-state index in [1.165, 1.54) is 19.3 Å². The average molecular weight is 230 g/mol. The van der Waals surface area contributed by atoms with Gasteiger partial charge in [-0.25, -0.2) is 4.98 Å². The Bertz CT molecular complexity index is 472. The molecule has 4 nitrogen and oxygen atoms in total. The molecule has 1 aliphatic rings. The maximum absolute atomic E-state index is 6.26. The minimum Gasteiger partial charge on any atom is -0.340 e. The Morgan fingerprint density at radius 2 is 2.12 bits per heavy atom. The average Bonchev–Trinajstić information content (AvgIpc) is 2.65. The van der Waals surface area contributed by atoms with Crippen LogP contribution in [-0.2, 0) is 0 Å². The Kier molecular flexibility index (Phi) is 2.81. The van der Waals surface area contributed by atoms with Gasteiger partial charge in [0.25, 0.3) is 0 Å². The van der Waals surface area contributed by atoms with Gasteiger partial charge in [0, 0.05) is 18.2 Å². The summed E-state index contributed by atoms with van der Waals surface area (Å²) in [5.41, 5.74) is 8.26. The molecule has 0 bridgehead atoms. The third kappa shape index (κ3) is 2.05. The molecular weight excluding hydrogens is 212 g/mol. The molecule has 0 aromatic carbocycles. The van der Waals surface area contributed by atoms with Crippen LogP contribution in [0.15, 0.2) is 18.5 Å². The normalized spacial score (nSPS) is 25.9. The Labute approximate surface area is 101 Å². The monoisotopic (exact) mass is 230 g/mol. The van der Waals surface area contributed by atoms with Crippen LogP contribution >= 0.6 is 0 Å². The quantitative estimate of drug-likeness (QED) is 0.739. The second-order valence-corrected chi connectivity index (χ2v) is 4.92. The zero-order valence-electron chi connectivity index (χ0n) is 9.89. The fourth-order valence-electron chi connectivity index (χ4n) is 2.73. The summed E-state index contributed by atoms with van der Waals surface area (Å²) in [5.74, 6) is 1.42. The molecule has 1 aliphatic carbocycles. The van der Waals surface area contributed by atoms with Crippen molar-refractivity contribution in [3.05, 3.63) is 24.3 Å². The maximum Gasteiger partial charge on any atom is 0.111 e. The van der Waals surface area contributed by atoms with Crippen molar-refractivity contribution in [1.29, 1.82) is 0 Å². The summed E-state index contributed by atoms with van der Waals surface area (Å²) in [7, 11) is 0. The first kappa shape index (κ1) is 10.7. The molecule has 0 radical (unpaired) electrons. The minimum atomic E-state index is 0.242. The number of fused-ring (bicyclic) bond motifs is 1. The zero-order chi connectivity index (χ0) is 11.7. The lowest BCUT2D eigenvalue weighted by Gasteiger charge is -2.18. The molecule has 2 unspecified atom stereocenters. The number of nitrogens with two attached hydrogens (primary N) is 1. The Balaban J connectivity index is 1.95. The van der Waals surface area contributed by atoms with Crippen LogP contribution in [0.2, 0.25) is 0 Å². The van der Waals surface area contributed by atoms with Gasteiger partial charge in [0.05, 0.1) is 17.2 Å². The third-order valence-electron chi connectivity index (χ3n) is 3.72. The number of hydrogen-bond acceptors (Lipinski definition) is 3. The van der Waals surface area contributed by atoms with E-state index in [2.05, 4.69) is 15.0 Å². The van der Waals surface area contributed by atoms with Crippen molar-refractivity contribution < 1.29 is 0 Å². The summed E-state index contributed by atoms with van der Waals surface area (Å²) in [6.45, 7) is 0. The first-order chi connectivity index (χ1) is 8.34. The van der Waals surface area contributed by atoms with E-state index in [9.17, 15) is 0 Å². The van der Waals surface area contributed by atoms with Gasteiger partial charge in [0.1, 0.15) is 5.82 Å². The Morgan fingerprint density at radius 3 is 3.00 bits per heavy atom. The van der Waals surface area contributed by atoms with E-state index < -0.39 is 0 Å². The SMILES string of the molecule is NC1CCCCCC1c1nc2ccncc2[nH]1. The molecule has 3 rings (SSSR count). The van der Waals surface area contributed by atoms with Gasteiger partial charge in [0.15, 0.2) is 0 Å². The van der Waals surface area contributed by atoms with Crippen molar-refractivity contribution in [2.75, 3.05) is 0 Å². The lowest BCUT2D eigenvalue weighted by molar-refractivity contribution is 0.488. The molecule has 3 N–H and O–H groups in total. The van der Waals surface area contributed by atoms with Crippen LogP contribution < -0.4 is 5.73 Å². The van der Waals surface area contributed by atoms with Crippen molar-refractivity contribution in [3.8, 4) is 0 Å². The molecule has 2 aromatic rings. The molecular formula is C13H18N4. The van der Waals surface area contributed by atoms with E-state index in [4.69, 9.17) is 5.73 Å². The van der Waals surface area contributed by atoms with Crippen LogP contribution in [0, 0.1) is 0 Å². The van der Waals surface area contributed by atoms with Gasteiger partial charge >= 0.3 is 0 Å². The molecule has 2 atom stereocenters. The lowest BCUT2D eigenvalue weighted by Crippen LogP contribution is -2.27. The predicted molar refractivity (Wildman–Crippen MR) is 67.7 cm³/mol. The van der Waals surface area contributed by atoms with Gasteiger partial charge in [-0.1, -0.05) is 19.3 Å². The molecule has 2 aromatic heterocycles. The molecule has 0 aliphatic heterocycles. The highest BCUT2D eigenvalue weighted by Crippen LogP contribution is 2.30. The molecule has 1 fully saturated rings. The Hall–Kier alpha value is -1.42. The van der Waals surface area contributed by atoms with Crippen LogP contribution in [0.25, 0.3) is 11.0 Å². The summed E-state index contributed by atoms with van der Waals surface area (Å²) in [6, 6.07) is 2.18. The predicted octanol–water partition coefficient (Wildman–Crippen LogP) is 2.33. The standard InChI is InChI=1S/C13H18N4/c14-10-5-3-1-2-4-9(10)13-16-11-6-7-15-8-12(11)17-13/h6-10H,1-5,14H2,(H,16,17). The van der Waals surface area contributed by atoms with Gasteiger partial charge in [-0.3, -0.25) is 4.98 Å². The number of H-pyrrole nitrogens is 1. The Morgan fingerprint density at radius 1 is 1.24 bits per heavy atom. The van der Waals surface area contributed by atoms with Crippen molar-refractivity contribution in [3.63, 3.8) is 0 Å².